The number of primary amides is 1. The van der Waals surface area contributed by atoms with Gasteiger partial charge in [-0.15, -0.1) is 0 Å². The molecule has 2 aromatic rings. The molecule has 0 aliphatic heterocycles. The van der Waals surface area contributed by atoms with Gasteiger partial charge in [0.1, 0.15) is 5.82 Å². The number of urea groups is 1. The normalized spacial score (nSPS) is 13.1. The number of carbonyl (C=O) groups excluding carboxylic acids is 2. The monoisotopic (exact) mass is 343 g/mol. The highest BCUT2D eigenvalue weighted by Crippen LogP contribution is 2.24. The molecule has 2 atom stereocenters. The lowest BCUT2D eigenvalue weighted by atomic mass is 9.96. The number of carbonyl (C=O) groups is 2. The number of hydrogen-bond donors (Lipinski definition) is 3. The van der Waals surface area contributed by atoms with Gasteiger partial charge >= 0.3 is 6.03 Å². The van der Waals surface area contributed by atoms with Crippen LogP contribution in [-0.2, 0) is 11.2 Å². The van der Waals surface area contributed by atoms with Crippen LogP contribution in [0.15, 0.2) is 48.5 Å². The molecule has 3 amide bonds. The van der Waals surface area contributed by atoms with Crippen molar-refractivity contribution in [2.24, 2.45) is 5.73 Å². The fourth-order valence-electron chi connectivity index (χ4n) is 2.57. The number of nitrogens with two attached hydrogens (primary N) is 1. The fraction of sp³-hybridized carbons (Fsp3) is 0.263. The molecule has 4 N–H and O–H groups in total. The Balaban J connectivity index is 2.31. The first-order chi connectivity index (χ1) is 11.9. The van der Waals surface area contributed by atoms with E-state index in [1.165, 1.54) is 17.7 Å². The van der Waals surface area contributed by atoms with Crippen LogP contribution in [0.5, 0.6) is 0 Å². The molecule has 0 bridgehead atoms. The van der Waals surface area contributed by atoms with Crippen molar-refractivity contribution in [2.45, 2.75) is 32.4 Å². The molecule has 2 rings (SSSR count). The summed E-state index contributed by atoms with van der Waals surface area (Å²) in [5.74, 6) is -0.900. The van der Waals surface area contributed by atoms with Crippen LogP contribution in [0.3, 0.4) is 0 Å². The minimum atomic E-state index is -0.909. The highest BCUT2D eigenvalue weighted by atomic mass is 19.1. The smallest absolute Gasteiger partial charge is 0.318 e. The first-order valence-corrected chi connectivity index (χ1v) is 8.11. The zero-order chi connectivity index (χ0) is 18.4. The van der Waals surface area contributed by atoms with Gasteiger partial charge in [0.2, 0.25) is 5.91 Å². The van der Waals surface area contributed by atoms with E-state index in [1.54, 1.807) is 19.1 Å². The second kappa shape index (κ2) is 8.39. The molecule has 0 aliphatic carbocycles. The van der Waals surface area contributed by atoms with Crippen LogP contribution in [-0.4, -0.2) is 18.0 Å². The molecule has 0 saturated carbocycles. The second-order valence-corrected chi connectivity index (χ2v) is 5.83. The van der Waals surface area contributed by atoms with Crippen LogP contribution in [0.4, 0.5) is 9.18 Å². The van der Waals surface area contributed by atoms with Crippen molar-refractivity contribution in [1.82, 2.24) is 10.6 Å². The molecule has 0 saturated heterocycles. The molecule has 6 heteroatoms. The molecular formula is C19H22FN3O2. The van der Waals surface area contributed by atoms with E-state index in [4.69, 9.17) is 5.73 Å². The van der Waals surface area contributed by atoms with Crippen molar-refractivity contribution < 1.29 is 14.0 Å². The van der Waals surface area contributed by atoms with Gasteiger partial charge in [-0.25, -0.2) is 9.18 Å². The van der Waals surface area contributed by atoms with Crippen LogP contribution < -0.4 is 16.4 Å². The van der Waals surface area contributed by atoms with Crippen molar-refractivity contribution >= 4 is 11.9 Å². The Labute approximate surface area is 146 Å². The van der Waals surface area contributed by atoms with Crippen LogP contribution in [0.2, 0.25) is 0 Å². The lowest BCUT2D eigenvalue weighted by Crippen LogP contribution is -2.47. The zero-order valence-electron chi connectivity index (χ0n) is 14.3. The molecule has 0 aromatic heterocycles. The van der Waals surface area contributed by atoms with Gasteiger partial charge in [0.15, 0.2) is 0 Å². The van der Waals surface area contributed by atoms with Gasteiger partial charge in [0.25, 0.3) is 0 Å². The van der Waals surface area contributed by atoms with Crippen molar-refractivity contribution in [3.8, 4) is 0 Å². The number of nitrogens with one attached hydrogen (secondary N) is 2. The molecule has 0 radical (unpaired) electrons. The molecule has 5 nitrogen and oxygen atoms in total. The lowest BCUT2D eigenvalue weighted by Gasteiger charge is -2.24. The predicted molar refractivity (Wildman–Crippen MR) is 94.4 cm³/mol. The average molecular weight is 343 g/mol. The molecule has 132 valence electrons. The van der Waals surface area contributed by atoms with Crippen LogP contribution in [0.25, 0.3) is 0 Å². The van der Waals surface area contributed by atoms with E-state index in [0.717, 1.165) is 12.0 Å². The molecule has 0 fully saturated rings. The summed E-state index contributed by atoms with van der Waals surface area (Å²) in [6.45, 7) is 3.68. The van der Waals surface area contributed by atoms with E-state index in [0.29, 0.717) is 5.56 Å². The summed E-state index contributed by atoms with van der Waals surface area (Å²) in [6, 6.07) is 12.1. The maximum Gasteiger partial charge on any atom is 0.318 e. The highest BCUT2D eigenvalue weighted by Gasteiger charge is 2.22. The first kappa shape index (κ1) is 18.6. The second-order valence-electron chi connectivity index (χ2n) is 5.83. The van der Waals surface area contributed by atoms with Gasteiger partial charge < -0.3 is 5.73 Å². The summed E-state index contributed by atoms with van der Waals surface area (Å²) < 4.78 is 13.7. The molecule has 25 heavy (non-hydrogen) atoms. The zero-order valence-corrected chi connectivity index (χ0v) is 14.3. The fourth-order valence-corrected chi connectivity index (χ4v) is 2.57. The quantitative estimate of drug-likeness (QED) is 0.754. The Kier molecular flexibility index (Phi) is 6.25. The number of aryl methyl sites for hydroxylation is 1. The van der Waals surface area contributed by atoms with E-state index in [9.17, 15) is 14.0 Å². The van der Waals surface area contributed by atoms with E-state index in [2.05, 4.69) is 12.2 Å². The van der Waals surface area contributed by atoms with Gasteiger partial charge in [-0.3, -0.25) is 15.4 Å². The minimum absolute atomic E-state index is 0.358. The summed E-state index contributed by atoms with van der Waals surface area (Å²) in [5.41, 5.74) is 7.74. The van der Waals surface area contributed by atoms with Crippen LogP contribution in [0, 0.1) is 5.82 Å². The number of rotatable bonds is 6. The Morgan fingerprint density at radius 1 is 1.12 bits per heavy atom. The average Bonchev–Trinajstić information content (AvgIpc) is 2.59. The summed E-state index contributed by atoms with van der Waals surface area (Å²) in [7, 11) is 0. The maximum absolute atomic E-state index is 13.7. The van der Waals surface area contributed by atoms with Gasteiger partial charge in [-0.2, -0.15) is 0 Å². The van der Waals surface area contributed by atoms with E-state index in [1.807, 2.05) is 29.6 Å². The lowest BCUT2D eigenvalue weighted by molar-refractivity contribution is -0.121. The number of hydrogen-bond acceptors (Lipinski definition) is 3. The van der Waals surface area contributed by atoms with Gasteiger partial charge in [-0.1, -0.05) is 43.3 Å². The van der Waals surface area contributed by atoms with Crippen molar-refractivity contribution in [3.05, 3.63) is 71.0 Å². The Bertz CT molecular complexity index is 747. The van der Waals surface area contributed by atoms with Gasteiger partial charge in [0.05, 0.1) is 12.1 Å². The molecule has 0 heterocycles. The molecule has 0 unspecified atom stereocenters. The largest absolute Gasteiger partial charge is 0.351 e. The molecule has 0 spiro atoms. The number of benzene rings is 2. The van der Waals surface area contributed by atoms with E-state index < -0.39 is 24.0 Å². The van der Waals surface area contributed by atoms with Gasteiger partial charge in [-0.05, 0) is 42.2 Å². The summed E-state index contributed by atoms with van der Waals surface area (Å²) >= 11 is 0. The molecule has 0 aliphatic rings. The third-order valence-corrected chi connectivity index (χ3v) is 3.96. The maximum atomic E-state index is 13.7. The van der Waals surface area contributed by atoms with Crippen molar-refractivity contribution in [1.29, 1.82) is 0 Å². The Morgan fingerprint density at radius 2 is 1.80 bits per heavy atom. The summed E-state index contributed by atoms with van der Waals surface area (Å²) in [4.78, 5) is 22.8. The van der Waals surface area contributed by atoms with Crippen LogP contribution >= 0.6 is 0 Å². The predicted octanol–water partition coefficient (Wildman–Crippen LogP) is 2.65. The number of halogens is 1. The van der Waals surface area contributed by atoms with E-state index in [-0.39, 0.29) is 5.82 Å². The highest BCUT2D eigenvalue weighted by molar-refractivity contribution is 5.96. The number of amides is 3. The first-order valence-electron chi connectivity index (χ1n) is 8.11. The third kappa shape index (κ3) is 5.12. The van der Waals surface area contributed by atoms with Crippen molar-refractivity contribution in [3.63, 3.8) is 0 Å². The Morgan fingerprint density at radius 3 is 2.36 bits per heavy atom. The SMILES string of the molecule is CCc1ccc([C@H](N[C@@H](C)C(=O)NC(N)=O)c2cccc(F)c2)cc1. The summed E-state index contributed by atoms with van der Waals surface area (Å²) in [5, 5.41) is 5.18. The summed E-state index contributed by atoms with van der Waals surface area (Å²) in [6.07, 6.45) is 0.912. The topological polar surface area (TPSA) is 84.2 Å². The standard InChI is InChI=1S/C19H22FN3O2/c1-3-13-7-9-14(10-8-13)17(15-5-4-6-16(20)11-15)22-12(2)18(24)23-19(21)25/h4-12,17,22H,3H2,1-2H3,(H3,21,23,24,25)/t12-,17-/m0/s1. The van der Waals surface area contributed by atoms with Gasteiger partial charge in [0, 0.05) is 0 Å². The molecule has 2 aromatic carbocycles. The minimum Gasteiger partial charge on any atom is -0.351 e. The van der Waals surface area contributed by atoms with Crippen LogP contribution in [0.1, 0.15) is 36.6 Å². The van der Waals surface area contributed by atoms with Crippen molar-refractivity contribution in [2.75, 3.05) is 0 Å². The number of imide groups is 1. The van der Waals surface area contributed by atoms with E-state index >= 15 is 0 Å². The molecular weight excluding hydrogens is 321 g/mol. The third-order valence-electron chi connectivity index (χ3n) is 3.96. The Hall–Kier alpha value is -2.73.